The Kier molecular flexibility index (Phi) is 5.65. The van der Waals surface area contributed by atoms with Gasteiger partial charge < -0.3 is 5.32 Å². The fourth-order valence-corrected chi connectivity index (χ4v) is 3.17. The van der Waals surface area contributed by atoms with Gasteiger partial charge in [-0.2, -0.15) is 0 Å². The fraction of sp³-hybridized carbons (Fsp3) is 0.250. The third-order valence-corrected chi connectivity index (χ3v) is 4.69. The van der Waals surface area contributed by atoms with Crippen molar-refractivity contribution < 1.29 is 9.18 Å². The van der Waals surface area contributed by atoms with Crippen LogP contribution in [-0.2, 0) is 4.79 Å². The Hall–Kier alpha value is -2.93. The van der Waals surface area contributed by atoms with Gasteiger partial charge >= 0.3 is 5.69 Å². The Morgan fingerprint density at radius 1 is 1.18 bits per heavy atom. The Bertz CT molecular complexity index is 1150. The van der Waals surface area contributed by atoms with Crippen LogP contribution in [0, 0.1) is 5.82 Å². The number of hydrogen-bond acceptors (Lipinski definition) is 3. The first-order chi connectivity index (χ1) is 13.3. The van der Waals surface area contributed by atoms with Crippen LogP contribution >= 0.6 is 11.6 Å². The molecule has 0 aliphatic carbocycles. The topological polar surface area (TPSA) is 73.1 Å². The molecule has 0 radical (unpaired) electrons. The minimum absolute atomic E-state index is 0.211. The summed E-state index contributed by atoms with van der Waals surface area (Å²) < 4.78 is 15.5. The average molecular weight is 404 g/mol. The van der Waals surface area contributed by atoms with Crippen LogP contribution in [0.1, 0.15) is 26.3 Å². The van der Waals surface area contributed by atoms with Gasteiger partial charge in [-0.05, 0) is 55.8 Å². The van der Waals surface area contributed by atoms with E-state index in [1.165, 1.54) is 34.9 Å². The molecule has 0 aliphatic rings. The molecule has 2 aromatic carbocycles. The second kappa shape index (κ2) is 7.98. The summed E-state index contributed by atoms with van der Waals surface area (Å²) in [6, 6.07) is 8.65. The normalized spacial score (nSPS) is 12.1. The van der Waals surface area contributed by atoms with Crippen molar-refractivity contribution in [1.82, 2.24) is 14.5 Å². The van der Waals surface area contributed by atoms with Gasteiger partial charge in [0.1, 0.15) is 11.9 Å². The smallest absolute Gasteiger partial charge is 0.336 e. The van der Waals surface area contributed by atoms with Crippen molar-refractivity contribution in [2.24, 2.45) is 0 Å². The first-order valence-corrected chi connectivity index (χ1v) is 9.23. The lowest BCUT2D eigenvalue weighted by Crippen LogP contribution is -2.43. The summed E-state index contributed by atoms with van der Waals surface area (Å²) >= 11 is 6.07. The molecular weight excluding hydrogens is 385 g/mol. The highest BCUT2D eigenvalue weighted by atomic mass is 35.5. The number of rotatable bonds is 5. The fourth-order valence-electron chi connectivity index (χ4n) is 3.01. The van der Waals surface area contributed by atoms with E-state index in [0.717, 1.165) is 23.1 Å². The number of aromatic nitrogens is 2. The van der Waals surface area contributed by atoms with Gasteiger partial charge in [0.15, 0.2) is 0 Å². The molecule has 3 rings (SSSR count). The lowest BCUT2D eigenvalue weighted by molar-refractivity contribution is -0.123. The summed E-state index contributed by atoms with van der Waals surface area (Å²) in [5, 5.41) is 3.31. The first-order valence-electron chi connectivity index (χ1n) is 8.85. The second-order valence-electron chi connectivity index (χ2n) is 6.40. The SMILES string of the molecule is CCCNC(=O)[C@@H](C)n1c(=O)n(-c2ccc(F)cc2)c(=O)c2ccc(Cl)cc21. The molecule has 0 saturated carbocycles. The molecule has 1 amide bonds. The maximum absolute atomic E-state index is 13.3. The van der Waals surface area contributed by atoms with Gasteiger partial charge in [-0.25, -0.2) is 13.8 Å². The third-order valence-electron chi connectivity index (χ3n) is 4.45. The average Bonchev–Trinajstić information content (AvgIpc) is 2.67. The van der Waals surface area contributed by atoms with Gasteiger partial charge in [-0.15, -0.1) is 0 Å². The number of nitrogens with one attached hydrogen (secondary N) is 1. The van der Waals surface area contributed by atoms with E-state index in [-0.39, 0.29) is 22.5 Å². The van der Waals surface area contributed by atoms with Crippen molar-refractivity contribution in [3.63, 3.8) is 0 Å². The Morgan fingerprint density at radius 2 is 1.86 bits per heavy atom. The Balaban J connectivity index is 2.33. The van der Waals surface area contributed by atoms with E-state index in [1.807, 2.05) is 6.92 Å². The van der Waals surface area contributed by atoms with E-state index in [4.69, 9.17) is 11.6 Å². The largest absolute Gasteiger partial charge is 0.354 e. The molecule has 0 fully saturated rings. The van der Waals surface area contributed by atoms with Crippen LogP contribution in [0.15, 0.2) is 52.1 Å². The minimum atomic E-state index is -0.882. The predicted molar refractivity (Wildman–Crippen MR) is 107 cm³/mol. The van der Waals surface area contributed by atoms with Crippen molar-refractivity contribution in [1.29, 1.82) is 0 Å². The Labute approximate surface area is 165 Å². The molecule has 0 saturated heterocycles. The van der Waals surface area contributed by atoms with Gasteiger partial charge in [0.25, 0.3) is 5.56 Å². The number of halogens is 2. The zero-order chi connectivity index (χ0) is 20.4. The van der Waals surface area contributed by atoms with Gasteiger partial charge in [0.2, 0.25) is 5.91 Å². The number of fused-ring (bicyclic) bond motifs is 1. The first kappa shape index (κ1) is 19.8. The van der Waals surface area contributed by atoms with Gasteiger partial charge in [0, 0.05) is 11.6 Å². The summed E-state index contributed by atoms with van der Waals surface area (Å²) in [5.41, 5.74) is -0.797. The molecule has 0 spiro atoms. The molecule has 0 unspecified atom stereocenters. The number of carbonyl (C=O) groups is 1. The van der Waals surface area contributed by atoms with E-state index in [0.29, 0.717) is 11.6 Å². The zero-order valence-electron chi connectivity index (χ0n) is 15.4. The highest BCUT2D eigenvalue weighted by molar-refractivity contribution is 6.31. The standard InChI is InChI=1S/C20H19ClFN3O3/c1-3-10-23-18(26)12(2)24-17-11-13(21)4-9-16(17)19(27)25(20(24)28)15-7-5-14(22)6-8-15/h4-9,11-12H,3,10H2,1-2H3,(H,23,26)/t12-/m1/s1. The summed E-state index contributed by atoms with van der Waals surface area (Å²) in [6.45, 7) is 3.96. The summed E-state index contributed by atoms with van der Waals surface area (Å²) in [7, 11) is 0. The van der Waals surface area contributed by atoms with Crippen LogP contribution < -0.4 is 16.6 Å². The lowest BCUT2D eigenvalue weighted by Gasteiger charge is -2.19. The molecule has 8 heteroatoms. The van der Waals surface area contributed by atoms with E-state index in [9.17, 15) is 18.8 Å². The molecular formula is C20H19ClFN3O3. The number of nitrogens with zero attached hydrogens (tertiary/aromatic N) is 2. The highest BCUT2D eigenvalue weighted by Crippen LogP contribution is 2.19. The zero-order valence-corrected chi connectivity index (χ0v) is 16.2. The van der Waals surface area contributed by atoms with Crippen molar-refractivity contribution in [2.45, 2.75) is 26.3 Å². The van der Waals surface area contributed by atoms with Crippen LogP contribution in [0.3, 0.4) is 0 Å². The summed E-state index contributed by atoms with van der Waals surface area (Å²) in [6.07, 6.45) is 0.745. The van der Waals surface area contributed by atoms with Gasteiger partial charge in [-0.3, -0.25) is 14.2 Å². The Morgan fingerprint density at radius 3 is 2.50 bits per heavy atom. The number of carbonyl (C=O) groups excluding carboxylic acids is 1. The maximum Gasteiger partial charge on any atom is 0.336 e. The van der Waals surface area contributed by atoms with Crippen LogP contribution in [0.2, 0.25) is 5.02 Å². The van der Waals surface area contributed by atoms with Crippen LogP contribution in [-0.4, -0.2) is 21.6 Å². The summed E-state index contributed by atoms with van der Waals surface area (Å²) in [4.78, 5) is 38.7. The van der Waals surface area contributed by atoms with E-state index < -0.39 is 23.1 Å². The molecule has 1 N–H and O–H groups in total. The minimum Gasteiger partial charge on any atom is -0.354 e. The van der Waals surface area contributed by atoms with Gasteiger partial charge in [0.05, 0.1) is 16.6 Å². The van der Waals surface area contributed by atoms with E-state index >= 15 is 0 Å². The molecule has 1 aromatic heterocycles. The van der Waals surface area contributed by atoms with Gasteiger partial charge in [-0.1, -0.05) is 18.5 Å². The van der Waals surface area contributed by atoms with E-state index in [1.54, 1.807) is 6.92 Å². The summed E-state index contributed by atoms with van der Waals surface area (Å²) in [5.74, 6) is -0.841. The third kappa shape index (κ3) is 3.57. The number of benzene rings is 2. The molecule has 3 aromatic rings. The molecule has 0 aliphatic heterocycles. The molecule has 0 bridgehead atoms. The maximum atomic E-state index is 13.3. The van der Waals surface area contributed by atoms with Crippen molar-refractivity contribution in [3.8, 4) is 5.69 Å². The molecule has 28 heavy (non-hydrogen) atoms. The monoisotopic (exact) mass is 403 g/mol. The number of hydrogen-bond donors (Lipinski definition) is 1. The van der Waals surface area contributed by atoms with E-state index in [2.05, 4.69) is 5.32 Å². The van der Waals surface area contributed by atoms with Crippen LogP contribution in [0.5, 0.6) is 0 Å². The van der Waals surface area contributed by atoms with Crippen LogP contribution in [0.4, 0.5) is 4.39 Å². The molecule has 146 valence electrons. The van der Waals surface area contributed by atoms with Crippen molar-refractivity contribution >= 4 is 28.4 Å². The number of amides is 1. The molecule has 1 heterocycles. The molecule has 6 nitrogen and oxygen atoms in total. The predicted octanol–water partition coefficient (Wildman–Crippen LogP) is 3.03. The highest BCUT2D eigenvalue weighted by Gasteiger charge is 2.22. The lowest BCUT2D eigenvalue weighted by atomic mass is 10.2. The van der Waals surface area contributed by atoms with Crippen molar-refractivity contribution in [3.05, 3.63) is 74.1 Å². The van der Waals surface area contributed by atoms with Crippen molar-refractivity contribution in [2.75, 3.05) is 6.54 Å². The quantitative estimate of drug-likeness (QED) is 0.711. The van der Waals surface area contributed by atoms with Crippen LogP contribution in [0.25, 0.3) is 16.6 Å². The second-order valence-corrected chi connectivity index (χ2v) is 6.83. The molecule has 1 atom stereocenters.